The van der Waals surface area contributed by atoms with E-state index in [2.05, 4.69) is 56.7 Å². The van der Waals surface area contributed by atoms with Crippen LogP contribution in [0.15, 0.2) is 18.2 Å². The fourth-order valence-electron chi connectivity index (χ4n) is 6.12. The lowest BCUT2D eigenvalue weighted by Crippen LogP contribution is -2.12. The number of aromatic amines is 2. The van der Waals surface area contributed by atoms with Crippen LogP contribution in [0.1, 0.15) is 84.2 Å². The second-order valence-corrected chi connectivity index (χ2v) is 10.9. The zero-order chi connectivity index (χ0) is 29.6. The van der Waals surface area contributed by atoms with Gasteiger partial charge in [-0.15, -0.1) is 0 Å². The topological polar surface area (TPSA) is 110 Å². The van der Waals surface area contributed by atoms with Gasteiger partial charge in [0.05, 0.1) is 37.6 Å². The molecule has 0 fully saturated rings. The molecule has 214 valence electrons. The summed E-state index contributed by atoms with van der Waals surface area (Å²) in [6.07, 6.45) is 2.28. The number of hydrogen-bond acceptors (Lipinski definition) is 6. The van der Waals surface area contributed by atoms with Crippen LogP contribution in [0.5, 0.6) is 0 Å². The third kappa shape index (κ3) is 4.85. The van der Waals surface area contributed by atoms with E-state index in [1.54, 1.807) is 0 Å². The molecule has 2 aliphatic heterocycles. The van der Waals surface area contributed by atoms with Gasteiger partial charge in [0, 0.05) is 44.9 Å². The Hall–Kier alpha value is -4.20. The zero-order valence-corrected chi connectivity index (χ0v) is 25.2. The maximum absolute atomic E-state index is 13.2. The molecule has 0 spiro atoms. The summed E-state index contributed by atoms with van der Waals surface area (Å²) in [5.74, 6) is -0.812. The van der Waals surface area contributed by atoms with E-state index in [-0.39, 0.29) is 12.3 Å². The number of fused-ring (bicyclic) bond motifs is 8. The number of nitrogens with zero attached hydrogens (tertiary/aromatic N) is 2. The largest absolute Gasteiger partial charge is 0.469 e. The van der Waals surface area contributed by atoms with E-state index in [1.165, 1.54) is 36.5 Å². The first kappa shape index (κ1) is 28.3. The molecule has 8 nitrogen and oxygen atoms in total. The van der Waals surface area contributed by atoms with Crippen LogP contribution in [0.4, 0.5) is 0 Å². The Bertz CT molecular complexity index is 1770. The van der Waals surface area contributed by atoms with Gasteiger partial charge >= 0.3 is 11.9 Å². The van der Waals surface area contributed by atoms with Gasteiger partial charge in [-0.2, -0.15) is 0 Å². The number of hydrogen-bond donors (Lipinski definition) is 2. The van der Waals surface area contributed by atoms with Crippen LogP contribution in [-0.4, -0.2) is 46.1 Å². The third-order valence-electron chi connectivity index (χ3n) is 8.54. The number of aryl methyl sites for hydroxylation is 4. The quantitative estimate of drug-likeness (QED) is 0.362. The van der Waals surface area contributed by atoms with Crippen molar-refractivity contribution in [2.24, 2.45) is 0 Å². The lowest BCUT2D eigenvalue weighted by Gasteiger charge is -2.09. The number of carbonyl (C=O) groups excluding carboxylic acids is 2. The van der Waals surface area contributed by atoms with E-state index >= 15 is 0 Å². The summed E-state index contributed by atoms with van der Waals surface area (Å²) in [6, 6.07) is 6.30. The molecule has 0 saturated heterocycles. The maximum atomic E-state index is 13.2. The van der Waals surface area contributed by atoms with Crippen molar-refractivity contribution in [3.8, 4) is 0 Å². The molecule has 0 aromatic carbocycles. The first-order valence-electron chi connectivity index (χ1n) is 14.2. The molecule has 0 saturated carbocycles. The fraction of sp³-hybridized carbons (Fsp3) is 0.394. The van der Waals surface area contributed by atoms with E-state index in [0.717, 1.165) is 46.3 Å². The summed E-state index contributed by atoms with van der Waals surface area (Å²) < 4.78 is 10.3. The van der Waals surface area contributed by atoms with E-state index in [1.807, 2.05) is 13.0 Å². The van der Waals surface area contributed by atoms with E-state index in [4.69, 9.17) is 19.4 Å². The molecule has 5 heterocycles. The second-order valence-electron chi connectivity index (χ2n) is 10.9. The molecule has 3 aromatic heterocycles. The lowest BCUT2D eigenvalue weighted by molar-refractivity contribution is -0.140. The first-order valence-corrected chi connectivity index (χ1v) is 14.2. The van der Waals surface area contributed by atoms with E-state index < -0.39 is 11.9 Å². The second kappa shape index (κ2) is 11.0. The van der Waals surface area contributed by atoms with Crippen molar-refractivity contribution in [1.82, 2.24) is 19.9 Å². The highest BCUT2D eigenvalue weighted by Gasteiger charge is 2.30. The number of methoxy groups -OCH3 is 2. The van der Waals surface area contributed by atoms with Crippen molar-refractivity contribution in [1.29, 1.82) is 0 Å². The summed E-state index contributed by atoms with van der Waals surface area (Å²) >= 11 is 0. The predicted molar refractivity (Wildman–Crippen MR) is 162 cm³/mol. The number of esters is 2. The van der Waals surface area contributed by atoms with Crippen molar-refractivity contribution in [3.63, 3.8) is 0 Å². The SMILES string of the molecule is CCc1c(C)c2cc3[nH]c(cc4nc(c(CC(=O)OC)c5nc(cc1[nH]2)C(C)=C5C(=O)OC)CC4C)c(C)c3CC. The van der Waals surface area contributed by atoms with Crippen LogP contribution >= 0.6 is 0 Å². The van der Waals surface area contributed by atoms with Gasteiger partial charge in [-0.25, -0.2) is 9.78 Å². The Balaban J connectivity index is 2.02. The molecule has 1 atom stereocenters. The molecular weight excluding hydrogens is 516 g/mol. The minimum Gasteiger partial charge on any atom is -0.469 e. The Morgan fingerprint density at radius 1 is 0.854 bits per heavy atom. The Morgan fingerprint density at radius 3 is 2.05 bits per heavy atom. The van der Waals surface area contributed by atoms with E-state index in [0.29, 0.717) is 34.5 Å². The Kier molecular flexibility index (Phi) is 7.60. The van der Waals surface area contributed by atoms with Crippen LogP contribution < -0.4 is 0 Å². The van der Waals surface area contributed by atoms with Gasteiger partial charge in [-0.05, 0) is 86.1 Å². The zero-order valence-electron chi connectivity index (χ0n) is 25.2. The summed E-state index contributed by atoms with van der Waals surface area (Å²) in [4.78, 5) is 43.1. The van der Waals surface area contributed by atoms with Crippen molar-refractivity contribution < 1.29 is 19.1 Å². The summed E-state index contributed by atoms with van der Waals surface area (Å²) in [6.45, 7) is 12.6. The van der Waals surface area contributed by atoms with Gasteiger partial charge in [0.1, 0.15) is 0 Å². The average Bonchev–Trinajstić information content (AvgIpc) is 3.65. The van der Waals surface area contributed by atoms with Gasteiger partial charge in [0.2, 0.25) is 0 Å². The van der Waals surface area contributed by atoms with Crippen molar-refractivity contribution in [2.45, 2.75) is 73.1 Å². The van der Waals surface area contributed by atoms with Gasteiger partial charge in [-0.1, -0.05) is 20.8 Å². The molecule has 2 N–H and O–H groups in total. The van der Waals surface area contributed by atoms with E-state index in [9.17, 15) is 9.59 Å². The smallest absolute Gasteiger partial charge is 0.340 e. The normalized spacial score (nSPS) is 14.9. The molecule has 41 heavy (non-hydrogen) atoms. The lowest BCUT2D eigenvalue weighted by atomic mass is 9.97. The monoisotopic (exact) mass is 554 g/mol. The van der Waals surface area contributed by atoms with Gasteiger partial charge in [0.25, 0.3) is 0 Å². The molecule has 8 bridgehead atoms. The van der Waals surface area contributed by atoms with Gasteiger partial charge in [-0.3, -0.25) is 9.78 Å². The highest BCUT2D eigenvalue weighted by molar-refractivity contribution is 6.25. The van der Waals surface area contributed by atoms with Crippen LogP contribution in [-0.2, 0) is 44.7 Å². The molecule has 2 aliphatic rings. The van der Waals surface area contributed by atoms with Crippen LogP contribution in [0.3, 0.4) is 0 Å². The molecule has 5 rings (SSSR count). The number of ether oxygens (including phenoxy) is 2. The Labute approximate surface area is 240 Å². The molecule has 8 heteroatoms. The summed E-state index contributed by atoms with van der Waals surface area (Å²) in [5, 5.41) is 0. The number of H-pyrrole nitrogens is 2. The highest BCUT2D eigenvalue weighted by atomic mass is 16.5. The summed E-state index contributed by atoms with van der Waals surface area (Å²) in [5.41, 5.74) is 13.2. The molecule has 0 amide bonds. The number of carbonyl (C=O) groups is 2. The molecule has 1 unspecified atom stereocenters. The van der Waals surface area contributed by atoms with Crippen molar-refractivity contribution in [2.75, 3.05) is 14.2 Å². The number of allylic oxidation sites excluding steroid dienone is 1. The standard InChI is InChI=1S/C33H38N4O4/c1-9-20-17(4)24-13-23-16(3)11-27(34-23)22(12-30(38)40-7)32-31(33(39)41-8)19(6)26(37-32)15-29-21(10-2)18(5)25(36-29)14-28(20)35-24/h13-16,35-36H,9-12H2,1-8H3. The molecular formula is C33H38N4O4. The van der Waals surface area contributed by atoms with Gasteiger partial charge < -0.3 is 19.4 Å². The maximum Gasteiger partial charge on any atom is 0.340 e. The van der Waals surface area contributed by atoms with Crippen molar-refractivity contribution in [3.05, 3.63) is 68.8 Å². The minimum absolute atomic E-state index is 0.0538. The number of nitrogens with one attached hydrogen (secondary N) is 2. The third-order valence-corrected chi connectivity index (χ3v) is 8.54. The highest BCUT2D eigenvalue weighted by Crippen LogP contribution is 2.36. The first-order chi connectivity index (χ1) is 19.6. The van der Waals surface area contributed by atoms with Crippen LogP contribution in [0.25, 0.3) is 33.2 Å². The molecule has 3 aromatic rings. The fourth-order valence-corrected chi connectivity index (χ4v) is 6.12. The van der Waals surface area contributed by atoms with Crippen LogP contribution in [0.2, 0.25) is 0 Å². The molecule has 0 radical (unpaired) electrons. The predicted octanol–water partition coefficient (Wildman–Crippen LogP) is 6.22. The Morgan fingerprint density at radius 2 is 1.46 bits per heavy atom. The summed E-state index contributed by atoms with van der Waals surface area (Å²) in [7, 11) is 2.72. The van der Waals surface area contributed by atoms with Gasteiger partial charge in [0.15, 0.2) is 0 Å². The average molecular weight is 555 g/mol. The number of rotatable bonds is 5. The van der Waals surface area contributed by atoms with Crippen molar-refractivity contribution >= 4 is 45.2 Å². The van der Waals surface area contributed by atoms with Crippen LogP contribution in [0, 0.1) is 13.8 Å². The molecule has 0 aliphatic carbocycles. The number of aromatic nitrogens is 4. The minimum atomic E-state index is -0.499.